The van der Waals surface area contributed by atoms with Gasteiger partial charge in [0.2, 0.25) is 0 Å². The highest BCUT2D eigenvalue weighted by atomic mass is 16.4. The van der Waals surface area contributed by atoms with E-state index >= 15 is 0 Å². The molecule has 2 atom stereocenters. The third-order valence-corrected chi connectivity index (χ3v) is 3.34. The van der Waals surface area contributed by atoms with Crippen molar-refractivity contribution in [2.24, 2.45) is 15.7 Å². The van der Waals surface area contributed by atoms with E-state index in [2.05, 4.69) is 34.8 Å². The predicted octanol–water partition coefficient (Wildman–Crippen LogP) is 1.67. The van der Waals surface area contributed by atoms with Gasteiger partial charge in [-0.15, -0.1) is 0 Å². The summed E-state index contributed by atoms with van der Waals surface area (Å²) in [6.07, 6.45) is 0. The lowest BCUT2D eigenvalue weighted by molar-refractivity contribution is 0.298. The van der Waals surface area contributed by atoms with Gasteiger partial charge in [-0.3, -0.25) is 0 Å². The van der Waals surface area contributed by atoms with E-state index in [0.717, 1.165) is 13.1 Å². The van der Waals surface area contributed by atoms with Gasteiger partial charge in [0, 0.05) is 25.2 Å². The van der Waals surface area contributed by atoms with Crippen LogP contribution in [0.25, 0.3) is 0 Å². The molecule has 0 aliphatic carbocycles. The summed E-state index contributed by atoms with van der Waals surface area (Å²) in [5.74, 6) is 0. The third kappa shape index (κ3) is 7.12. The molecule has 0 saturated carbocycles. The maximum atomic E-state index is 8.70. The van der Waals surface area contributed by atoms with Crippen molar-refractivity contribution in [1.82, 2.24) is 10.6 Å². The Kier molecular flexibility index (Phi) is 7.63. The van der Waals surface area contributed by atoms with Gasteiger partial charge >= 0.3 is 0 Å². The molecule has 2 unspecified atom stereocenters. The second-order valence-corrected chi connectivity index (χ2v) is 5.85. The normalized spacial score (nSPS) is 17.4. The van der Waals surface area contributed by atoms with Crippen LogP contribution in [0.4, 0.5) is 0 Å². The molecule has 6 nitrogen and oxygen atoms in total. The van der Waals surface area contributed by atoms with Crippen molar-refractivity contribution >= 4 is 11.4 Å². The number of rotatable bonds is 8. The minimum atomic E-state index is 0.0357. The Hall–Kier alpha value is -1.14. The summed E-state index contributed by atoms with van der Waals surface area (Å²) in [4.78, 5) is 0. The van der Waals surface area contributed by atoms with Crippen LogP contribution in [-0.4, -0.2) is 47.0 Å². The molecular weight excluding hydrogens is 244 g/mol. The topological polar surface area (TPSA) is 89.2 Å². The van der Waals surface area contributed by atoms with Gasteiger partial charge in [-0.1, -0.05) is 24.2 Å². The van der Waals surface area contributed by atoms with Crippen molar-refractivity contribution in [2.75, 3.05) is 13.1 Å². The first kappa shape index (κ1) is 17.9. The minimum absolute atomic E-state index is 0.0357. The summed E-state index contributed by atoms with van der Waals surface area (Å²) in [5, 5.41) is 30.4. The van der Waals surface area contributed by atoms with Crippen LogP contribution in [-0.2, 0) is 0 Å². The Morgan fingerprint density at radius 2 is 1.26 bits per heavy atom. The molecule has 112 valence electrons. The highest BCUT2D eigenvalue weighted by Crippen LogP contribution is 2.12. The molecule has 0 aromatic carbocycles. The molecule has 0 spiro atoms. The molecule has 0 radical (unpaired) electrons. The molecule has 0 amide bonds. The minimum Gasteiger partial charge on any atom is -0.411 e. The molecule has 0 aromatic heterocycles. The molecule has 0 aliphatic rings. The first-order valence-corrected chi connectivity index (χ1v) is 6.57. The summed E-state index contributed by atoms with van der Waals surface area (Å²) in [7, 11) is 0. The van der Waals surface area contributed by atoms with Crippen LogP contribution < -0.4 is 10.6 Å². The Bertz CT molecular complexity index is 297. The van der Waals surface area contributed by atoms with Crippen molar-refractivity contribution in [3.63, 3.8) is 0 Å². The number of nitrogens with one attached hydrogen (secondary N) is 2. The van der Waals surface area contributed by atoms with Gasteiger partial charge in [0.1, 0.15) is 0 Å². The van der Waals surface area contributed by atoms with Gasteiger partial charge in [-0.2, -0.15) is 0 Å². The van der Waals surface area contributed by atoms with Crippen LogP contribution >= 0.6 is 0 Å². The lowest BCUT2D eigenvalue weighted by Crippen LogP contribution is -2.46. The summed E-state index contributed by atoms with van der Waals surface area (Å²) in [5.41, 5.74) is 1.37. The maximum Gasteiger partial charge on any atom is 0.0706 e. The van der Waals surface area contributed by atoms with Crippen molar-refractivity contribution in [3.8, 4) is 0 Å². The molecule has 0 aromatic rings. The third-order valence-electron chi connectivity index (χ3n) is 3.34. The number of oxime groups is 2. The number of nitrogens with zero attached hydrogens (tertiary/aromatic N) is 2. The second kappa shape index (κ2) is 8.12. The Balaban J connectivity index is 4.19. The summed E-state index contributed by atoms with van der Waals surface area (Å²) >= 11 is 0. The first-order chi connectivity index (χ1) is 8.73. The second-order valence-electron chi connectivity index (χ2n) is 5.85. The van der Waals surface area contributed by atoms with Crippen molar-refractivity contribution < 1.29 is 10.4 Å². The average Bonchev–Trinajstić information content (AvgIpc) is 2.40. The molecule has 6 heteroatoms. The SMILES string of the molecule is C/C(=N\O)C(C)NCC(C)(C)CNC(C)/C(C)=N/O. The largest absolute Gasteiger partial charge is 0.411 e. The van der Waals surface area contributed by atoms with Gasteiger partial charge in [-0.25, -0.2) is 0 Å². The molecular formula is C13H28N4O2. The van der Waals surface area contributed by atoms with Crippen LogP contribution in [0.15, 0.2) is 10.3 Å². The molecule has 0 heterocycles. The van der Waals surface area contributed by atoms with E-state index < -0.39 is 0 Å². The van der Waals surface area contributed by atoms with Crippen LogP contribution in [0.3, 0.4) is 0 Å². The van der Waals surface area contributed by atoms with Crippen molar-refractivity contribution in [1.29, 1.82) is 0 Å². The van der Waals surface area contributed by atoms with Gasteiger partial charge in [0.15, 0.2) is 0 Å². The predicted molar refractivity (Wildman–Crippen MR) is 78.5 cm³/mol. The Morgan fingerprint density at radius 3 is 1.53 bits per heavy atom. The summed E-state index contributed by atoms with van der Waals surface area (Å²) < 4.78 is 0. The van der Waals surface area contributed by atoms with Crippen molar-refractivity contribution in [2.45, 2.75) is 53.6 Å². The highest BCUT2D eigenvalue weighted by molar-refractivity contribution is 5.86. The van der Waals surface area contributed by atoms with E-state index in [0.29, 0.717) is 11.4 Å². The van der Waals surface area contributed by atoms with Gasteiger partial charge in [0.05, 0.1) is 11.4 Å². The van der Waals surface area contributed by atoms with Crippen molar-refractivity contribution in [3.05, 3.63) is 0 Å². The summed E-state index contributed by atoms with van der Waals surface area (Å²) in [6, 6.07) is 0.0878. The molecule has 0 rings (SSSR count). The van der Waals surface area contributed by atoms with Crippen LogP contribution in [0.1, 0.15) is 41.5 Å². The molecule has 0 aliphatic heterocycles. The van der Waals surface area contributed by atoms with E-state index in [1.807, 2.05) is 13.8 Å². The van der Waals surface area contributed by atoms with E-state index in [4.69, 9.17) is 10.4 Å². The maximum absolute atomic E-state index is 8.70. The quantitative estimate of drug-likeness (QED) is 0.307. The van der Waals surface area contributed by atoms with Crippen LogP contribution in [0, 0.1) is 5.41 Å². The standard InChI is InChI=1S/C13H28N4O2/c1-9(11(3)16-18)14-7-13(5,6)8-15-10(2)12(4)17-19/h9-10,14-15,18-19H,7-8H2,1-6H3/b16-11+,17-12+. The zero-order valence-corrected chi connectivity index (χ0v) is 12.9. The molecule has 0 bridgehead atoms. The van der Waals surface area contributed by atoms with Crippen LogP contribution in [0.5, 0.6) is 0 Å². The number of hydrogen-bond donors (Lipinski definition) is 4. The molecule has 19 heavy (non-hydrogen) atoms. The molecule has 0 saturated heterocycles. The molecule has 4 N–H and O–H groups in total. The zero-order chi connectivity index (χ0) is 15.1. The lowest BCUT2D eigenvalue weighted by Gasteiger charge is -2.29. The first-order valence-electron chi connectivity index (χ1n) is 6.57. The number of hydrogen-bond acceptors (Lipinski definition) is 6. The van der Waals surface area contributed by atoms with E-state index in [9.17, 15) is 0 Å². The fourth-order valence-electron chi connectivity index (χ4n) is 1.39. The lowest BCUT2D eigenvalue weighted by atomic mass is 9.92. The smallest absolute Gasteiger partial charge is 0.0706 e. The van der Waals surface area contributed by atoms with Gasteiger partial charge < -0.3 is 21.0 Å². The van der Waals surface area contributed by atoms with Gasteiger partial charge in [-0.05, 0) is 33.1 Å². The highest BCUT2D eigenvalue weighted by Gasteiger charge is 2.20. The monoisotopic (exact) mass is 272 g/mol. The van der Waals surface area contributed by atoms with Crippen LogP contribution in [0.2, 0.25) is 0 Å². The molecule has 0 fully saturated rings. The fraction of sp³-hybridized carbons (Fsp3) is 0.846. The van der Waals surface area contributed by atoms with E-state index in [1.54, 1.807) is 13.8 Å². The Labute approximate surface area is 116 Å². The fourth-order valence-corrected chi connectivity index (χ4v) is 1.39. The Morgan fingerprint density at radius 1 is 0.947 bits per heavy atom. The van der Waals surface area contributed by atoms with E-state index in [-0.39, 0.29) is 17.5 Å². The summed E-state index contributed by atoms with van der Waals surface area (Å²) in [6.45, 7) is 13.4. The van der Waals surface area contributed by atoms with E-state index in [1.165, 1.54) is 0 Å². The average molecular weight is 272 g/mol. The zero-order valence-electron chi connectivity index (χ0n) is 12.9. The van der Waals surface area contributed by atoms with Gasteiger partial charge in [0.25, 0.3) is 0 Å².